The molecule has 1 saturated heterocycles. The van der Waals surface area contributed by atoms with Gasteiger partial charge in [0.05, 0.1) is 24.4 Å². The van der Waals surface area contributed by atoms with Gasteiger partial charge in [-0.25, -0.2) is 9.78 Å². The number of rotatable bonds is 2. The quantitative estimate of drug-likeness (QED) is 0.921. The number of fused-ring (bicyclic) bond motifs is 1. The third-order valence-electron chi connectivity index (χ3n) is 5.06. The molecular formula is C18H24N4O2. The van der Waals surface area contributed by atoms with E-state index < -0.39 is 0 Å². The van der Waals surface area contributed by atoms with E-state index in [1.807, 2.05) is 12.1 Å². The number of para-hydroxylation sites is 1. The largest absolute Gasteiger partial charge is 0.378 e. The lowest BCUT2D eigenvalue weighted by molar-refractivity contribution is 0.123. The van der Waals surface area contributed by atoms with Crippen LogP contribution < -0.4 is 10.2 Å². The Morgan fingerprint density at radius 2 is 1.96 bits per heavy atom. The number of ether oxygens (including phenoxy) is 1. The van der Waals surface area contributed by atoms with Gasteiger partial charge in [-0.05, 0) is 25.0 Å². The number of carbonyl (C=O) groups is 1. The molecule has 0 radical (unpaired) electrons. The van der Waals surface area contributed by atoms with E-state index in [9.17, 15) is 4.79 Å². The lowest BCUT2D eigenvalue weighted by atomic mass is 9.96. The maximum Gasteiger partial charge on any atom is 0.327 e. The van der Waals surface area contributed by atoms with Crippen molar-refractivity contribution in [2.24, 2.45) is 0 Å². The maximum absolute atomic E-state index is 12.7. The molecule has 1 aromatic carbocycles. The topological polar surface area (TPSA) is 59.4 Å². The summed E-state index contributed by atoms with van der Waals surface area (Å²) in [5, 5.41) is 3.16. The van der Waals surface area contributed by atoms with E-state index in [1.54, 1.807) is 10.9 Å². The average molecular weight is 328 g/mol. The Balaban J connectivity index is 1.59. The lowest BCUT2D eigenvalue weighted by Gasteiger charge is -2.29. The summed E-state index contributed by atoms with van der Waals surface area (Å²) in [6.07, 6.45) is 7.50. The van der Waals surface area contributed by atoms with Crippen LogP contribution in [0.4, 0.5) is 10.5 Å². The molecule has 2 aliphatic rings. The van der Waals surface area contributed by atoms with Crippen molar-refractivity contribution in [3.05, 3.63) is 24.5 Å². The Kier molecular flexibility index (Phi) is 4.38. The average Bonchev–Trinajstić information content (AvgIpc) is 3.07. The Bertz CT molecular complexity index is 715. The molecule has 0 unspecified atom stereocenters. The molecule has 0 bridgehead atoms. The number of carbonyl (C=O) groups excluding carboxylic acids is 1. The van der Waals surface area contributed by atoms with Crippen LogP contribution in [0.2, 0.25) is 0 Å². The fourth-order valence-electron chi connectivity index (χ4n) is 3.74. The van der Waals surface area contributed by atoms with Crippen LogP contribution in [0.1, 0.15) is 32.1 Å². The molecule has 1 saturated carbocycles. The minimum Gasteiger partial charge on any atom is -0.378 e. The van der Waals surface area contributed by atoms with Crippen molar-refractivity contribution in [3.63, 3.8) is 0 Å². The molecule has 2 fully saturated rings. The van der Waals surface area contributed by atoms with Crippen molar-refractivity contribution >= 4 is 22.8 Å². The van der Waals surface area contributed by atoms with Gasteiger partial charge in [-0.2, -0.15) is 0 Å². The zero-order chi connectivity index (χ0) is 16.4. The summed E-state index contributed by atoms with van der Waals surface area (Å²) in [5.41, 5.74) is 2.84. The highest BCUT2D eigenvalue weighted by Gasteiger charge is 2.20. The van der Waals surface area contributed by atoms with Gasteiger partial charge in [0.1, 0.15) is 11.8 Å². The molecule has 1 amide bonds. The molecule has 1 aliphatic heterocycles. The zero-order valence-electron chi connectivity index (χ0n) is 13.9. The molecule has 6 heteroatoms. The van der Waals surface area contributed by atoms with Crippen LogP contribution in [-0.2, 0) is 4.74 Å². The molecule has 24 heavy (non-hydrogen) atoms. The van der Waals surface area contributed by atoms with E-state index in [4.69, 9.17) is 4.74 Å². The van der Waals surface area contributed by atoms with Crippen LogP contribution in [0.5, 0.6) is 0 Å². The highest BCUT2D eigenvalue weighted by atomic mass is 16.5. The molecule has 0 spiro atoms. The summed E-state index contributed by atoms with van der Waals surface area (Å²) in [5.74, 6) is 0. The lowest BCUT2D eigenvalue weighted by Crippen LogP contribution is -2.38. The first kappa shape index (κ1) is 15.4. The second-order valence-electron chi connectivity index (χ2n) is 6.64. The molecule has 1 N–H and O–H groups in total. The van der Waals surface area contributed by atoms with Crippen molar-refractivity contribution in [1.82, 2.24) is 14.9 Å². The Hall–Kier alpha value is -2.08. The standard InChI is InChI=1S/C18H24N4O2/c23-18(20-14-5-2-1-3-6-14)22-13-19-17-15(7-4-8-16(17)22)21-9-11-24-12-10-21/h4,7-8,13-14H,1-3,5-6,9-12H2,(H,20,23). The molecule has 2 aromatic rings. The second-order valence-corrected chi connectivity index (χ2v) is 6.64. The fraction of sp³-hybridized carbons (Fsp3) is 0.556. The van der Waals surface area contributed by atoms with Gasteiger partial charge in [-0.3, -0.25) is 4.57 Å². The van der Waals surface area contributed by atoms with Crippen molar-refractivity contribution in [2.75, 3.05) is 31.2 Å². The SMILES string of the molecule is O=C(NC1CCCCC1)n1cnc2c(N3CCOCC3)cccc21. The first-order valence-corrected chi connectivity index (χ1v) is 8.92. The minimum atomic E-state index is -0.0662. The number of nitrogens with zero attached hydrogens (tertiary/aromatic N) is 3. The van der Waals surface area contributed by atoms with Gasteiger partial charge in [0.15, 0.2) is 0 Å². The first-order chi connectivity index (χ1) is 11.8. The number of nitrogens with one attached hydrogen (secondary N) is 1. The minimum absolute atomic E-state index is 0.0662. The van der Waals surface area contributed by atoms with E-state index in [0.29, 0.717) is 6.04 Å². The third-order valence-corrected chi connectivity index (χ3v) is 5.06. The van der Waals surface area contributed by atoms with E-state index in [1.165, 1.54) is 19.3 Å². The normalized spacial score (nSPS) is 19.6. The zero-order valence-corrected chi connectivity index (χ0v) is 13.9. The van der Waals surface area contributed by atoms with E-state index in [2.05, 4.69) is 21.3 Å². The molecule has 6 nitrogen and oxygen atoms in total. The van der Waals surface area contributed by atoms with Crippen LogP contribution in [0, 0.1) is 0 Å². The van der Waals surface area contributed by atoms with Crippen LogP contribution >= 0.6 is 0 Å². The predicted octanol–water partition coefficient (Wildman–Crippen LogP) is 2.76. The molecule has 128 valence electrons. The smallest absolute Gasteiger partial charge is 0.327 e. The van der Waals surface area contributed by atoms with Crippen molar-refractivity contribution in [2.45, 2.75) is 38.1 Å². The number of imidazole rings is 1. The number of aromatic nitrogens is 2. The number of benzene rings is 1. The van der Waals surface area contributed by atoms with Crippen molar-refractivity contribution in [3.8, 4) is 0 Å². The van der Waals surface area contributed by atoms with Gasteiger partial charge in [-0.1, -0.05) is 25.3 Å². The predicted molar refractivity (Wildman–Crippen MR) is 93.6 cm³/mol. The monoisotopic (exact) mass is 328 g/mol. The number of hydrogen-bond acceptors (Lipinski definition) is 4. The van der Waals surface area contributed by atoms with E-state index >= 15 is 0 Å². The Labute approximate surface area is 141 Å². The van der Waals surface area contributed by atoms with Gasteiger partial charge in [0, 0.05) is 19.1 Å². The van der Waals surface area contributed by atoms with Crippen molar-refractivity contribution < 1.29 is 9.53 Å². The van der Waals surface area contributed by atoms with Crippen LogP contribution in [0.25, 0.3) is 11.0 Å². The number of hydrogen-bond donors (Lipinski definition) is 1. The van der Waals surface area contributed by atoms with Crippen LogP contribution in [0.3, 0.4) is 0 Å². The number of morpholine rings is 1. The van der Waals surface area contributed by atoms with Gasteiger partial charge < -0.3 is 15.0 Å². The summed E-state index contributed by atoms with van der Waals surface area (Å²) < 4.78 is 7.08. The van der Waals surface area contributed by atoms with E-state index in [0.717, 1.165) is 55.9 Å². The molecule has 2 heterocycles. The highest BCUT2D eigenvalue weighted by molar-refractivity contribution is 5.95. The molecule has 1 aliphatic carbocycles. The number of amides is 1. The van der Waals surface area contributed by atoms with Gasteiger partial charge in [0.25, 0.3) is 0 Å². The second kappa shape index (κ2) is 6.81. The van der Waals surface area contributed by atoms with Gasteiger partial charge in [0.2, 0.25) is 0 Å². The Morgan fingerprint density at radius 3 is 2.75 bits per heavy atom. The summed E-state index contributed by atoms with van der Waals surface area (Å²) >= 11 is 0. The van der Waals surface area contributed by atoms with Gasteiger partial charge >= 0.3 is 6.03 Å². The molecule has 1 aromatic heterocycles. The Morgan fingerprint density at radius 1 is 1.17 bits per heavy atom. The number of anilines is 1. The summed E-state index contributed by atoms with van der Waals surface area (Å²) in [6.45, 7) is 3.19. The first-order valence-electron chi connectivity index (χ1n) is 8.92. The fourth-order valence-corrected chi connectivity index (χ4v) is 3.74. The third kappa shape index (κ3) is 2.98. The van der Waals surface area contributed by atoms with Gasteiger partial charge in [-0.15, -0.1) is 0 Å². The summed E-state index contributed by atoms with van der Waals surface area (Å²) in [7, 11) is 0. The summed E-state index contributed by atoms with van der Waals surface area (Å²) in [6, 6.07) is 6.27. The van der Waals surface area contributed by atoms with Crippen molar-refractivity contribution in [1.29, 1.82) is 0 Å². The maximum atomic E-state index is 12.7. The molecular weight excluding hydrogens is 304 g/mol. The van der Waals surface area contributed by atoms with E-state index in [-0.39, 0.29) is 6.03 Å². The van der Waals surface area contributed by atoms with Crippen LogP contribution in [-0.4, -0.2) is 47.9 Å². The highest BCUT2D eigenvalue weighted by Crippen LogP contribution is 2.26. The summed E-state index contributed by atoms with van der Waals surface area (Å²) in [4.78, 5) is 19.5. The molecule has 4 rings (SSSR count). The van der Waals surface area contributed by atoms with Crippen LogP contribution in [0.15, 0.2) is 24.5 Å². The molecule has 0 atom stereocenters.